The minimum atomic E-state index is 0.140. The van der Waals surface area contributed by atoms with Crippen LogP contribution in [0.3, 0.4) is 0 Å². The number of fused-ring (bicyclic) bond motifs is 1. The van der Waals surface area contributed by atoms with E-state index in [0.717, 1.165) is 40.3 Å². The first-order chi connectivity index (χ1) is 15.1. The van der Waals surface area contributed by atoms with Crippen LogP contribution in [-0.4, -0.2) is 18.0 Å². The van der Waals surface area contributed by atoms with Crippen molar-refractivity contribution in [2.24, 2.45) is 23.2 Å². The topological polar surface area (TPSA) is 64.4 Å². The first-order valence-electron chi connectivity index (χ1n) is 11.4. The molecule has 0 aliphatic heterocycles. The molecule has 0 atom stereocenters. The summed E-state index contributed by atoms with van der Waals surface area (Å²) in [6, 6.07) is 13.4. The van der Waals surface area contributed by atoms with Crippen LogP contribution in [-0.2, 0) is 4.79 Å². The van der Waals surface area contributed by atoms with E-state index in [1.54, 1.807) is 7.11 Å². The molecule has 4 bridgehead atoms. The van der Waals surface area contributed by atoms with Gasteiger partial charge in [-0.2, -0.15) is 0 Å². The Morgan fingerprint density at radius 2 is 1.84 bits per heavy atom. The van der Waals surface area contributed by atoms with E-state index >= 15 is 0 Å². The number of hydrogen-bond donors (Lipinski definition) is 1. The van der Waals surface area contributed by atoms with Crippen molar-refractivity contribution >= 4 is 22.7 Å². The van der Waals surface area contributed by atoms with Gasteiger partial charge >= 0.3 is 0 Å². The van der Waals surface area contributed by atoms with Crippen LogP contribution in [0.25, 0.3) is 22.6 Å². The highest BCUT2D eigenvalue weighted by molar-refractivity contribution is 5.92. The van der Waals surface area contributed by atoms with Gasteiger partial charge in [-0.25, -0.2) is 4.98 Å². The number of methoxy groups -OCH3 is 1. The number of ether oxygens (including phenoxy) is 1. The minimum absolute atomic E-state index is 0.140. The van der Waals surface area contributed by atoms with Gasteiger partial charge in [0.15, 0.2) is 5.58 Å². The molecule has 1 amide bonds. The summed E-state index contributed by atoms with van der Waals surface area (Å²) < 4.78 is 11.2. The molecule has 4 aliphatic rings. The second-order valence-corrected chi connectivity index (χ2v) is 10.1. The van der Waals surface area contributed by atoms with Crippen LogP contribution in [0.15, 0.2) is 46.9 Å². The summed E-state index contributed by atoms with van der Waals surface area (Å²) in [5.41, 5.74) is 3.36. The van der Waals surface area contributed by atoms with E-state index in [9.17, 15) is 4.79 Å². The molecule has 0 radical (unpaired) electrons. The number of nitrogens with zero attached hydrogens (tertiary/aromatic N) is 1. The molecule has 0 unspecified atom stereocenters. The number of rotatable bonds is 5. The van der Waals surface area contributed by atoms with Crippen LogP contribution in [0.2, 0.25) is 0 Å². The zero-order valence-electron chi connectivity index (χ0n) is 17.9. The van der Waals surface area contributed by atoms with Gasteiger partial charge in [0.05, 0.1) is 7.11 Å². The standard InChI is InChI=1S/C26H28N2O3/c1-30-21-5-6-23-22(11-21)28-25(31-23)19-3-2-4-20(10-19)27-24(29)15-26-12-16-7-17(13-26)9-18(8-16)14-26/h2-6,10-11,16-18H,7-9,12-15H2,1H3,(H,27,29). The number of carbonyl (C=O) groups excluding carboxylic acids is 1. The lowest BCUT2D eigenvalue weighted by atomic mass is 9.49. The fourth-order valence-corrected chi connectivity index (χ4v) is 6.94. The van der Waals surface area contributed by atoms with Crippen LogP contribution in [0, 0.1) is 23.2 Å². The Morgan fingerprint density at radius 1 is 1.10 bits per heavy atom. The number of oxazole rings is 1. The second-order valence-electron chi connectivity index (χ2n) is 10.1. The van der Waals surface area contributed by atoms with Crippen LogP contribution in [0.4, 0.5) is 5.69 Å². The second kappa shape index (κ2) is 7.11. The molecular weight excluding hydrogens is 388 g/mol. The fourth-order valence-electron chi connectivity index (χ4n) is 6.94. The van der Waals surface area contributed by atoms with E-state index in [2.05, 4.69) is 10.3 Å². The van der Waals surface area contributed by atoms with E-state index in [4.69, 9.17) is 9.15 Å². The van der Waals surface area contributed by atoms with Gasteiger partial charge in [-0.1, -0.05) is 6.07 Å². The predicted octanol–water partition coefficient (Wildman–Crippen LogP) is 6.05. The molecule has 160 valence electrons. The number of aromatic nitrogens is 1. The molecule has 1 heterocycles. The Kier molecular flexibility index (Phi) is 4.34. The highest BCUT2D eigenvalue weighted by atomic mass is 16.5. The Hall–Kier alpha value is -2.82. The van der Waals surface area contributed by atoms with Gasteiger partial charge in [0.2, 0.25) is 11.8 Å². The van der Waals surface area contributed by atoms with Crippen LogP contribution in [0.1, 0.15) is 44.9 Å². The van der Waals surface area contributed by atoms with Crippen LogP contribution >= 0.6 is 0 Å². The number of amides is 1. The smallest absolute Gasteiger partial charge is 0.227 e. The fraction of sp³-hybridized carbons (Fsp3) is 0.462. The zero-order valence-corrected chi connectivity index (χ0v) is 17.9. The molecule has 1 N–H and O–H groups in total. The molecular formula is C26H28N2O3. The Balaban J connectivity index is 1.19. The Bertz CT molecular complexity index is 1110. The van der Waals surface area contributed by atoms with Gasteiger partial charge in [-0.3, -0.25) is 4.79 Å². The third kappa shape index (κ3) is 3.50. The Morgan fingerprint density at radius 3 is 2.55 bits per heavy atom. The quantitative estimate of drug-likeness (QED) is 0.550. The summed E-state index contributed by atoms with van der Waals surface area (Å²) in [4.78, 5) is 17.6. The molecule has 4 aliphatic carbocycles. The normalized spacial score (nSPS) is 28.7. The summed E-state index contributed by atoms with van der Waals surface area (Å²) in [6.45, 7) is 0. The largest absolute Gasteiger partial charge is 0.497 e. The maximum atomic E-state index is 13.0. The number of carbonyl (C=O) groups is 1. The minimum Gasteiger partial charge on any atom is -0.497 e. The molecule has 5 nitrogen and oxygen atoms in total. The van der Waals surface area contributed by atoms with Crippen molar-refractivity contribution in [2.45, 2.75) is 44.9 Å². The third-order valence-electron chi connectivity index (χ3n) is 7.69. The Labute approximate surface area is 182 Å². The van der Waals surface area contributed by atoms with Crippen molar-refractivity contribution in [1.82, 2.24) is 4.98 Å². The summed E-state index contributed by atoms with van der Waals surface area (Å²) in [7, 11) is 1.64. The van der Waals surface area contributed by atoms with Crippen LogP contribution < -0.4 is 10.1 Å². The molecule has 7 rings (SSSR count). The molecule has 31 heavy (non-hydrogen) atoms. The monoisotopic (exact) mass is 416 g/mol. The average molecular weight is 417 g/mol. The van der Waals surface area contributed by atoms with E-state index in [1.807, 2.05) is 42.5 Å². The van der Waals surface area contributed by atoms with Gasteiger partial charge in [0.25, 0.3) is 0 Å². The summed E-state index contributed by atoms with van der Waals surface area (Å²) in [6.07, 6.45) is 8.61. The molecule has 4 fully saturated rings. The summed E-state index contributed by atoms with van der Waals surface area (Å²) in [5, 5.41) is 3.15. The van der Waals surface area contributed by atoms with Crippen molar-refractivity contribution in [1.29, 1.82) is 0 Å². The van der Waals surface area contributed by atoms with Gasteiger partial charge in [0, 0.05) is 23.7 Å². The van der Waals surface area contributed by atoms with Crippen molar-refractivity contribution in [3.05, 3.63) is 42.5 Å². The predicted molar refractivity (Wildman–Crippen MR) is 120 cm³/mol. The molecule has 3 aromatic rings. The average Bonchev–Trinajstić information content (AvgIpc) is 3.15. The van der Waals surface area contributed by atoms with Gasteiger partial charge in [-0.05, 0) is 92.0 Å². The summed E-state index contributed by atoms with van der Waals surface area (Å²) >= 11 is 0. The van der Waals surface area contributed by atoms with Crippen LogP contribution in [0.5, 0.6) is 5.75 Å². The maximum absolute atomic E-state index is 13.0. The van der Waals surface area contributed by atoms with Crippen molar-refractivity contribution < 1.29 is 13.9 Å². The molecule has 1 aromatic heterocycles. The molecule has 2 aromatic carbocycles. The van der Waals surface area contributed by atoms with Gasteiger partial charge in [-0.15, -0.1) is 0 Å². The molecule has 4 saturated carbocycles. The highest BCUT2D eigenvalue weighted by Crippen LogP contribution is 2.61. The van der Waals surface area contributed by atoms with E-state index < -0.39 is 0 Å². The van der Waals surface area contributed by atoms with Gasteiger partial charge < -0.3 is 14.5 Å². The van der Waals surface area contributed by atoms with Crippen molar-refractivity contribution in [3.8, 4) is 17.2 Å². The third-order valence-corrected chi connectivity index (χ3v) is 7.69. The highest BCUT2D eigenvalue weighted by Gasteiger charge is 2.51. The lowest BCUT2D eigenvalue weighted by Gasteiger charge is -2.56. The van der Waals surface area contributed by atoms with Crippen molar-refractivity contribution in [2.75, 3.05) is 12.4 Å². The maximum Gasteiger partial charge on any atom is 0.227 e. The number of nitrogens with one attached hydrogen (secondary N) is 1. The van der Waals surface area contributed by atoms with E-state index in [1.165, 1.54) is 38.5 Å². The molecule has 0 saturated heterocycles. The first kappa shape index (κ1) is 18.9. The number of benzene rings is 2. The SMILES string of the molecule is COc1ccc2oc(-c3cccc(NC(=O)CC45CC6CC(CC(C6)C4)C5)c3)nc2c1. The lowest BCUT2D eigenvalue weighted by molar-refractivity contribution is -0.124. The van der Waals surface area contributed by atoms with E-state index in [-0.39, 0.29) is 11.3 Å². The van der Waals surface area contributed by atoms with Gasteiger partial charge in [0.1, 0.15) is 11.3 Å². The zero-order chi connectivity index (χ0) is 21.0. The molecule has 0 spiro atoms. The summed E-state index contributed by atoms with van der Waals surface area (Å²) in [5.74, 6) is 4.01. The first-order valence-corrected chi connectivity index (χ1v) is 11.4. The van der Waals surface area contributed by atoms with E-state index in [0.29, 0.717) is 17.9 Å². The number of anilines is 1. The molecule has 5 heteroatoms. The lowest BCUT2D eigenvalue weighted by Crippen LogP contribution is -2.47. The van der Waals surface area contributed by atoms with Crippen molar-refractivity contribution in [3.63, 3.8) is 0 Å². The number of hydrogen-bond acceptors (Lipinski definition) is 4.